The van der Waals surface area contributed by atoms with E-state index in [1.165, 1.54) is 0 Å². The lowest BCUT2D eigenvalue weighted by atomic mass is 10.2. The predicted octanol–water partition coefficient (Wildman–Crippen LogP) is 3.28. The summed E-state index contributed by atoms with van der Waals surface area (Å²) in [6.07, 6.45) is 1.85. The first-order valence-corrected chi connectivity index (χ1v) is 7.85. The fourth-order valence-corrected chi connectivity index (χ4v) is 2.51. The van der Waals surface area contributed by atoms with Gasteiger partial charge in [0.2, 0.25) is 0 Å². The summed E-state index contributed by atoms with van der Waals surface area (Å²) in [5, 5.41) is 13.6. The number of aromatic nitrogens is 2. The first kappa shape index (κ1) is 16.2. The second-order valence-corrected chi connectivity index (χ2v) is 6.43. The maximum Gasteiger partial charge on any atom is 0.134 e. The van der Waals surface area contributed by atoms with Crippen molar-refractivity contribution >= 4 is 17.6 Å². The molecule has 4 nitrogen and oxygen atoms in total. The molecule has 0 saturated heterocycles. The molecule has 1 heterocycles. The van der Waals surface area contributed by atoms with Crippen molar-refractivity contribution in [3.63, 3.8) is 0 Å². The Bertz CT molecular complexity index is 385. The van der Waals surface area contributed by atoms with Crippen molar-refractivity contribution in [1.82, 2.24) is 9.97 Å². The number of rotatable bonds is 8. The number of hydrogen-bond donors (Lipinski definition) is 2. The quantitative estimate of drug-likeness (QED) is 0.566. The Morgan fingerprint density at radius 3 is 2.63 bits per heavy atom. The Balaban J connectivity index is 2.86. The molecule has 0 radical (unpaired) electrons. The molecule has 108 valence electrons. The zero-order chi connectivity index (χ0) is 14.3. The number of nitrogens with one attached hydrogen (secondary N) is 1. The van der Waals surface area contributed by atoms with E-state index in [2.05, 4.69) is 43.0 Å². The van der Waals surface area contributed by atoms with Gasteiger partial charge in [-0.05, 0) is 12.8 Å². The normalized spacial score (nSPS) is 12.7. The van der Waals surface area contributed by atoms with Crippen molar-refractivity contribution in [2.24, 2.45) is 0 Å². The van der Waals surface area contributed by atoms with Gasteiger partial charge in [0.1, 0.15) is 16.7 Å². The van der Waals surface area contributed by atoms with Crippen LogP contribution in [0.5, 0.6) is 0 Å². The molecule has 1 rings (SSSR count). The lowest BCUT2D eigenvalue weighted by molar-refractivity contribution is 0.289. The average molecular weight is 283 g/mol. The van der Waals surface area contributed by atoms with Gasteiger partial charge in [0.05, 0.1) is 0 Å². The molecule has 2 N–H and O–H groups in total. The first-order valence-electron chi connectivity index (χ1n) is 6.97. The fourth-order valence-electron chi connectivity index (χ4n) is 1.55. The van der Waals surface area contributed by atoms with Crippen LogP contribution >= 0.6 is 11.8 Å². The number of aliphatic hydroxyl groups is 1. The molecular formula is C14H25N3OS. The first-order chi connectivity index (χ1) is 9.06. The van der Waals surface area contributed by atoms with E-state index in [0.29, 0.717) is 11.2 Å². The van der Waals surface area contributed by atoms with E-state index < -0.39 is 0 Å². The molecular weight excluding hydrogens is 258 g/mol. The van der Waals surface area contributed by atoms with Crippen molar-refractivity contribution in [2.75, 3.05) is 18.5 Å². The van der Waals surface area contributed by atoms with Crippen LogP contribution in [-0.4, -0.2) is 33.5 Å². The van der Waals surface area contributed by atoms with Crippen LogP contribution in [-0.2, 0) is 0 Å². The lowest BCUT2D eigenvalue weighted by Crippen LogP contribution is -2.08. The van der Waals surface area contributed by atoms with Gasteiger partial charge >= 0.3 is 0 Å². The molecule has 0 spiro atoms. The minimum Gasteiger partial charge on any atom is -0.396 e. The summed E-state index contributed by atoms with van der Waals surface area (Å²) in [5.41, 5.74) is 0. The predicted molar refractivity (Wildman–Crippen MR) is 81.9 cm³/mol. The Labute approximate surface area is 120 Å². The molecule has 1 aromatic heterocycles. The van der Waals surface area contributed by atoms with E-state index >= 15 is 0 Å². The molecule has 0 fully saturated rings. The fraction of sp³-hybridized carbons (Fsp3) is 0.714. The van der Waals surface area contributed by atoms with E-state index in [1.807, 2.05) is 6.07 Å². The highest BCUT2D eigenvalue weighted by Crippen LogP contribution is 2.26. The lowest BCUT2D eigenvalue weighted by Gasteiger charge is -2.13. The summed E-state index contributed by atoms with van der Waals surface area (Å²) in [6, 6.07) is 2.00. The highest BCUT2D eigenvalue weighted by atomic mass is 32.2. The Morgan fingerprint density at radius 2 is 2.05 bits per heavy atom. The number of nitrogens with zero attached hydrogens (tertiary/aromatic N) is 2. The molecule has 0 amide bonds. The average Bonchev–Trinajstić information content (AvgIpc) is 2.36. The smallest absolute Gasteiger partial charge is 0.134 e. The summed E-state index contributed by atoms with van der Waals surface area (Å²) in [7, 11) is 0. The van der Waals surface area contributed by atoms with Gasteiger partial charge < -0.3 is 10.4 Å². The minimum atomic E-state index is 0.219. The molecule has 0 aliphatic rings. The van der Waals surface area contributed by atoms with Crippen LogP contribution in [0.25, 0.3) is 0 Å². The zero-order valence-corrected chi connectivity index (χ0v) is 13.1. The van der Waals surface area contributed by atoms with Crippen LogP contribution < -0.4 is 5.32 Å². The van der Waals surface area contributed by atoms with Crippen LogP contribution in [0.2, 0.25) is 0 Å². The molecule has 0 aromatic carbocycles. The van der Waals surface area contributed by atoms with E-state index in [9.17, 15) is 0 Å². The molecule has 5 heteroatoms. The molecule has 1 atom stereocenters. The van der Waals surface area contributed by atoms with Crippen LogP contribution in [0.3, 0.4) is 0 Å². The van der Waals surface area contributed by atoms with E-state index in [-0.39, 0.29) is 6.61 Å². The second kappa shape index (κ2) is 8.38. The molecule has 0 saturated carbocycles. The van der Waals surface area contributed by atoms with E-state index in [1.54, 1.807) is 11.8 Å². The minimum absolute atomic E-state index is 0.219. The van der Waals surface area contributed by atoms with Crippen LogP contribution in [0.4, 0.5) is 5.82 Å². The van der Waals surface area contributed by atoms with Gasteiger partial charge in [-0.25, -0.2) is 9.97 Å². The number of anilines is 1. The van der Waals surface area contributed by atoms with Gasteiger partial charge in [0, 0.05) is 30.4 Å². The van der Waals surface area contributed by atoms with Crippen molar-refractivity contribution in [3.8, 4) is 0 Å². The van der Waals surface area contributed by atoms with Crippen molar-refractivity contribution in [1.29, 1.82) is 0 Å². The SMILES string of the molecule is CCCNc1cc(SC(C)CCO)nc(C(C)C)n1. The van der Waals surface area contributed by atoms with Gasteiger partial charge in [0.25, 0.3) is 0 Å². The van der Waals surface area contributed by atoms with Crippen molar-refractivity contribution in [2.45, 2.75) is 56.7 Å². The van der Waals surface area contributed by atoms with Crippen molar-refractivity contribution in [3.05, 3.63) is 11.9 Å². The molecule has 1 aromatic rings. The molecule has 0 aliphatic carbocycles. The third-order valence-corrected chi connectivity index (χ3v) is 3.74. The highest BCUT2D eigenvalue weighted by molar-refractivity contribution is 7.99. The number of aliphatic hydroxyl groups excluding tert-OH is 1. The Kier molecular flexibility index (Phi) is 7.16. The van der Waals surface area contributed by atoms with Gasteiger partial charge in [-0.15, -0.1) is 11.8 Å². The summed E-state index contributed by atoms with van der Waals surface area (Å²) in [5.74, 6) is 2.09. The largest absolute Gasteiger partial charge is 0.396 e. The van der Waals surface area contributed by atoms with Gasteiger partial charge in [-0.1, -0.05) is 27.7 Å². The summed E-state index contributed by atoms with van der Waals surface area (Å²) in [6.45, 7) is 9.59. The number of hydrogen-bond acceptors (Lipinski definition) is 5. The van der Waals surface area contributed by atoms with Crippen LogP contribution in [0, 0.1) is 0 Å². The van der Waals surface area contributed by atoms with E-state index in [0.717, 1.165) is 36.1 Å². The van der Waals surface area contributed by atoms with Gasteiger partial charge in [0.15, 0.2) is 0 Å². The molecule has 0 aliphatic heterocycles. The molecule has 19 heavy (non-hydrogen) atoms. The zero-order valence-electron chi connectivity index (χ0n) is 12.3. The summed E-state index contributed by atoms with van der Waals surface area (Å²) < 4.78 is 0. The van der Waals surface area contributed by atoms with Crippen molar-refractivity contribution < 1.29 is 5.11 Å². The Hall–Kier alpha value is -0.810. The van der Waals surface area contributed by atoms with Crippen LogP contribution in [0.1, 0.15) is 52.3 Å². The highest BCUT2D eigenvalue weighted by Gasteiger charge is 2.11. The van der Waals surface area contributed by atoms with E-state index in [4.69, 9.17) is 5.11 Å². The standard InChI is InChI=1S/C14H25N3OS/c1-5-7-15-12-9-13(19-11(4)6-8-18)17-14(16-12)10(2)3/h9-11,18H,5-8H2,1-4H3,(H,15,16,17). The topological polar surface area (TPSA) is 58.0 Å². The maximum atomic E-state index is 8.97. The molecule has 0 bridgehead atoms. The summed E-state index contributed by atoms with van der Waals surface area (Å²) in [4.78, 5) is 9.13. The summed E-state index contributed by atoms with van der Waals surface area (Å²) >= 11 is 1.70. The van der Waals surface area contributed by atoms with Gasteiger partial charge in [-0.2, -0.15) is 0 Å². The Morgan fingerprint density at radius 1 is 1.32 bits per heavy atom. The maximum absolute atomic E-state index is 8.97. The monoisotopic (exact) mass is 283 g/mol. The second-order valence-electron chi connectivity index (χ2n) is 4.97. The third-order valence-electron chi connectivity index (χ3n) is 2.65. The third kappa shape index (κ3) is 5.78. The van der Waals surface area contributed by atoms with Gasteiger partial charge in [-0.3, -0.25) is 0 Å². The molecule has 1 unspecified atom stereocenters. The number of thioether (sulfide) groups is 1. The van der Waals surface area contributed by atoms with Crippen LogP contribution in [0.15, 0.2) is 11.1 Å².